The monoisotopic (exact) mass is 422 g/mol. The van der Waals surface area contributed by atoms with Gasteiger partial charge in [-0.3, -0.25) is 9.59 Å². The Labute approximate surface area is 179 Å². The van der Waals surface area contributed by atoms with Gasteiger partial charge in [0.05, 0.1) is 6.10 Å². The van der Waals surface area contributed by atoms with E-state index in [4.69, 9.17) is 16.6 Å². The first-order valence-corrected chi connectivity index (χ1v) is 10.7. The van der Waals surface area contributed by atoms with Crippen molar-refractivity contribution in [3.05, 3.63) is 36.5 Å². The standard InChI is InChI=1S/C23H38N2O5/c1-19(26)15-13-11-9-7-5-3-2-4-6-8-10-12-14-16-20(27)23(25,22(29)30)18-17-21(24)28/h2-3,7,9,13,15,19,26H,4-6,8,10-12,14,16-18,25H2,1H3,(H2,24,28)(H,29,30)/b3-2-,9-7-,15-13-. The predicted molar refractivity (Wildman–Crippen MR) is 119 cm³/mol. The van der Waals surface area contributed by atoms with Crippen molar-refractivity contribution in [1.82, 2.24) is 0 Å². The van der Waals surface area contributed by atoms with Gasteiger partial charge >= 0.3 is 5.97 Å². The van der Waals surface area contributed by atoms with Crippen LogP contribution in [-0.2, 0) is 14.4 Å². The Kier molecular flexibility index (Phi) is 15.3. The summed E-state index contributed by atoms with van der Waals surface area (Å²) in [5.41, 5.74) is 8.71. The van der Waals surface area contributed by atoms with E-state index in [1.807, 2.05) is 6.08 Å². The predicted octanol–water partition coefficient (Wildman–Crippen LogP) is 3.16. The van der Waals surface area contributed by atoms with Gasteiger partial charge in [0.1, 0.15) is 0 Å². The van der Waals surface area contributed by atoms with Crippen LogP contribution < -0.4 is 11.5 Å². The highest BCUT2D eigenvalue weighted by molar-refractivity contribution is 6.07. The first-order chi connectivity index (χ1) is 14.2. The molecule has 0 fully saturated rings. The van der Waals surface area contributed by atoms with Gasteiger partial charge in [0.15, 0.2) is 11.3 Å². The maximum Gasteiger partial charge on any atom is 0.331 e. The van der Waals surface area contributed by atoms with E-state index in [0.29, 0.717) is 6.42 Å². The molecular weight excluding hydrogens is 384 g/mol. The van der Waals surface area contributed by atoms with Crippen molar-refractivity contribution in [3.63, 3.8) is 0 Å². The number of hydrogen-bond donors (Lipinski definition) is 4. The van der Waals surface area contributed by atoms with Crippen molar-refractivity contribution in [2.24, 2.45) is 11.5 Å². The number of carbonyl (C=O) groups is 3. The van der Waals surface area contributed by atoms with Crippen LogP contribution in [0.3, 0.4) is 0 Å². The first kappa shape index (κ1) is 27.8. The summed E-state index contributed by atoms with van der Waals surface area (Å²) in [6.45, 7) is 1.72. The quantitative estimate of drug-likeness (QED) is 0.152. The van der Waals surface area contributed by atoms with Crippen molar-refractivity contribution in [3.8, 4) is 0 Å². The number of aliphatic carboxylic acids is 1. The number of carbonyl (C=O) groups excluding carboxylic acids is 2. The average molecular weight is 423 g/mol. The molecule has 0 aliphatic rings. The summed E-state index contributed by atoms with van der Waals surface area (Å²) in [4.78, 5) is 34.4. The number of aliphatic hydroxyl groups is 1. The summed E-state index contributed by atoms with van der Waals surface area (Å²) in [6.07, 6.45) is 18.6. The molecule has 0 bridgehead atoms. The topological polar surface area (TPSA) is 144 Å². The number of nitrogens with two attached hydrogens (primary N) is 2. The lowest BCUT2D eigenvalue weighted by Gasteiger charge is -2.22. The van der Waals surface area contributed by atoms with Gasteiger partial charge in [-0.25, -0.2) is 4.79 Å². The summed E-state index contributed by atoms with van der Waals surface area (Å²) in [7, 11) is 0. The minimum atomic E-state index is -2.03. The van der Waals surface area contributed by atoms with Gasteiger partial charge in [0.25, 0.3) is 0 Å². The van der Waals surface area contributed by atoms with Crippen molar-refractivity contribution < 1.29 is 24.6 Å². The number of aliphatic hydroxyl groups excluding tert-OH is 1. The van der Waals surface area contributed by atoms with E-state index in [1.54, 1.807) is 13.0 Å². The fourth-order valence-corrected chi connectivity index (χ4v) is 2.83. The third-order valence-electron chi connectivity index (χ3n) is 4.71. The van der Waals surface area contributed by atoms with E-state index < -0.39 is 29.3 Å². The van der Waals surface area contributed by atoms with Crippen molar-refractivity contribution in [2.75, 3.05) is 0 Å². The van der Waals surface area contributed by atoms with Crippen LogP contribution in [0, 0.1) is 0 Å². The SMILES string of the molecule is CC(O)/C=C\C/C=C\C/C=C\CCCCCCCC(=O)C(N)(CCC(N)=O)C(=O)O. The van der Waals surface area contributed by atoms with Crippen LogP contribution in [0.25, 0.3) is 0 Å². The number of carboxylic acids is 1. The number of Topliss-reactive ketones (excluding diaryl/α,β-unsaturated/α-hetero) is 1. The van der Waals surface area contributed by atoms with Gasteiger partial charge < -0.3 is 21.7 Å². The van der Waals surface area contributed by atoms with E-state index in [1.165, 1.54) is 0 Å². The second-order valence-electron chi connectivity index (χ2n) is 7.56. The molecule has 0 rings (SSSR count). The zero-order valence-corrected chi connectivity index (χ0v) is 18.1. The lowest BCUT2D eigenvalue weighted by atomic mass is 9.87. The molecule has 0 spiro atoms. The van der Waals surface area contributed by atoms with Gasteiger partial charge in [-0.05, 0) is 45.4 Å². The second kappa shape index (κ2) is 16.5. The normalized spacial score (nSPS) is 15.0. The fraction of sp³-hybridized carbons (Fsp3) is 0.609. The molecule has 0 aliphatic carbocycles. The summed E-state index contributed by atoms with van der Waals surface area (Å²) >= 11 is 0. The van der Waals surface area contributed by atoms with Gasteiger partial charge in [0.2, 0.25) is 5.91 Å². The van der Waals surface area contributed by atoms with E-state index in [-0.39, 0.29) is 19.3 Å². The van der Waals surface area contributed by atoms with Crippen molar-refractivity contribution in [2.45, 2.75) is 89.2 Å². The van der Waals surface area contributed by atoms with Crippen LogP contribution in [0.15, 0.2) is 36.5 Å². The zero-order chi connectivity index (χ0) is 22.8. The summed E-state index contributed by atoms with van der Waals surface area (Å²) in [6, 6.07) is 0. The minimum Gasteiger partial charge on any atom is -0.480 e. The third-order valence-corrected chi connectivity index (χ3v) is 4.71. The summed E-state index contributed by atoms with van der Waals surface area (Å²) < 4.78 is 0. The van der Waals surface area contributed by atoms with Crippen LogP contribution in [0.4, 0.5) is 0 Å². The number of amides is 1. The lowest BCUT2D eigenvalue weighted by Crippen LogP contribution is -2.55. The number of unbranched alkanes of at least 4 members (excludes halogenated alkanes) is 5. The highest BCUT2D eigenvalue weighted by atomic mass is 16.4. The molecule has 0 aromatic heterocycles. The molecule has 6 N–H and O–H groups in total. The maximum atomic E-state index is 12.2. The Morgan fingerprint density at radius 2 is 1.47 bits per heavy atom. The molecule has 0 radical (unpaired) electrons. The highest BCUT2D eigenvalue weighted by Gasteiger charge is 2.41. The number of primary amides is 1. The molecule has 0 aromatic rings. The second-order valence-corrected chi connectivity index (χ2v) is 7.56. The van der Waals surface area contributed by atoms with Crippen LogP contribution in [0.5, 0.6) is 0 Å². The van der Waals surface area contributed by atoms with Crippen LogP contribution in [-0.4, -0.2) is 39.5 Å². The number of carboxylic acid groups (broad SMARTS) is 1. The van der Waals surface area contributed by atoms with Crippen molar-refractivity contribution in [1.29, 1.82) is 0 Å². The molecular formula is C23H38N2O5. The molecule has 0 saturated carbocycles. The highest BCUT2D eigenvalue weighted by Crippen LogP contribution is 2.17. The molecule has 0 saturated heterocycles. The molecule has 7 heteroatoms. The van der Waals surface area contributed by atoms with Crippen LogP contribution in [0.2, 0.25) is 0 Å². The molecule has 0 aromatic carbocycles. The maximum absolute atomic E-state index is 12.2. The summed E-state index contributed by atoms with van der Waals surface area (Å²) in [5, 5.41) is 18.3. The van der Waals surface area contributed by atoms with E-state index in [2.05, 4.69) is 24.3 Å². The smallest absolute Gasteiger partial charge is 0.331 e. The molecule has 1 amide bonds. The van der Waals surface area contributed by atoms with E-state index in [0.717, 1.165) is 44.9 Å². The number of ketones is 1. The minimum absolute atomic E-state index is 0.0974. The fourth-order valence-electron chi connectivity index (χ4n) is 2.83. The molecule has 30 heavy (non-hydrogen) atoms. The van der Waals surface area contributed by atoms with Crippen LogP contribution >= 0.6 is 0 Å². The largest absolute Gasteiger partial charge is 0.480 e. The molecule has 7 nitrogen and oxygen atoms in total. The molecule has 0 heterocycles. The van der Waals surface area contributed by atoms with Gasteiger partial charge in [-0.2, -0.15) is 0 Å². The Morgan fingerprint density at radius 3 is 2.07 bits per heavy atom. The number of rotatable bonds is 18. The Balaban J connectivity index is 3.83. The molecule has 2 atom stereocenters. The number of hydrogen-bond acceptors (Lipinski definition) is 5. The zero-order valence-electron chi connectivity index (χ0n) is 18.1. The lowest BCUT2D eigenvalue weighted by molar-refractivity contribution is -0.148. The number of allylic oxidation sites excluding steroid dienone is 5. The Bertz CT molecular complexity index is 611. The molecule has 2 unspecified atom stereocenters. The first-order valence-electron chi connectivity index (χ1n) is 10.7. The summed E-state index contributed by atoms with van der Waals surface area (Å²) in [5.74, 6) is -2.63. The van der Waals surface area contributed by atoms with Crippen LogP contribution in [0.1, 0.15) is 77.6 Å². The Morgan fingerprint density at radius 1 is 0.900 bits per heavy atom. The van der Waals surface area contributed by atoms with Crippen molar-refractivity contribution >= 4 is 17.7 Å². The third kappa shape index (κ3) is 13.8. The molecule has 0 aliphatic heterocycles. The molecule has 170 valence electrons. The van der Waals surface area contributed by atoms with E-state index in [9.17, 15) is 19.5 Å². The van der Waals surface area contributed by atoms with Gasteiger partial charge in [0, 0.05) is 12.8 Å². The van der Waals surface area contributed by atoms with Gasteiger partial charge in [-0.1, -0.05) is 55.7 Å². The average Bonchev–Trinajstić information content (AvgIpc) is 2.68. The Hall–Kier alpha value is -2.25. The van der Waals surface area contributed by atoms with Gasteiger partial charge in [-0.15, -0.1) is 0 Å². The van der Waals surface area contributed by atoms with E-state index >= 15 is 0 Å².